The predicted octanol–water partition coefficient (Wildman–Crippen LogP) is 4.53. The van der Waals surface area contributed by atoms with Crippen LogP contribution in [-0.2, 0) is 13.0 Å². The van der Waals surface area contributed by atoms with Crippen molar-refractivity contribution in [3.8, 4) is 0 Å². The smallest absolute Gasteiger partial charge is 0.319 e. The van der Waals surface area contributed by atoms with Crippen molar-refractivity contribution in [3.63, 3.8) is 0 Å². The van der Waals surface area contributed by atoms with Gasteiger partial charge in [-0.15, -0.1) is 0 Å². The number of aryl methyl sites for hydroxylation is 2. The number of H-pyrrole nitrogens is 1. The van der Waals surface area contributed by atoms with E-state index < -0.39 is 0 Å². The fourth-order valence-electron chi connectivity index (χ4n) is 3.61. The molecule has 4 aromatic rings. The summed E-state index contributed by atoms with van der Waals surface area (Å²) in [6.07, 6.45) is 2.50. The molecule has 0 aliphatic rings. The van der Waals surface area contributed by atoms with E-state index in [1.165, 1.54) is 12.1 Å². The number of aromatic amines is 1. The molecule has 0 aliphatic carbocycles. The van der Waals surface area contributed by atoms with Gasteiger partial charge in [0, 0.05) is 35.0 Å². The lowest BCUT2D eigenvalue weighted by molar-refractivity contribution is 0.252. The molecule has 7 heteroatoms. The third-order valence-electron chi connectivity index (χ3n) is 5.03. The number of hydrogen-bond acceptors (Lipinski definition) is 2. The van der Waals surface area contributed by atoms with Gasteiger partial charge in [-0.25, -0.2) is 9.18 Å². The number of aromatic nitrogens is 3. The van der Waals surface area contributed by atoms with E-state index >= 15 is 0 Å². The summed E-state index contributed by atoms with van der Waals surface area (Å²) in [6.45, 7) is 5.12. The van der Waals surface area contributed by atoms with Crippen LogP contribution in [0.15, 0.2) is 54.7 Å². The number of carbonyl (C=O) groups is 1. The van der Waals surface area contributed by atoms with E-state index in [0.29, 0.717) is 19.5 Å². The first kappa shape index (κ1) is 19.7. The van der Waals surface area contributed by atoms with Gasteiger partial charge < -0.3 is 15.6 Å². The number of rotatable bonds is 6. The molecule has 0 fully saturated rings. The highest BCUT2D eigenvalue weighted by Gasteiger charge is 2.07. The lowest BCUT2D eigenvalue weighted by Crippen LogP contribution is -2.30. The molecular weight excluding hydrogens is 381 g/mol. The molecule has 2 aromatic carbocycles. The quantitative estimate of drug-likeness (QED) is 0.441. The van der Waals surface area contributed by atoms with Crippen molar-refractivity contribution in [1.29, 1.82) is 0 Å². The van der Waals surface area contributed by atoms with Gasteiger partial charge in [0.1, 0.15) is 5.82 Å². The Morgan fingerprint density at radius 3 is 2.83 bits per heavy atom. The summed E-state index contributed by atoms with van der Waals surface area (Å²) in [5, 5.41) is 11.2. The van der Waals surface area contributed by atoms with Crippen LogP contribution in [0, 0.1) is 19.7 Å². The Balaban J connectivity index is 1.32. The Morgan fingerprint density at radius 1 is 1.17 bits per heavy atom. The molecule has 0 radical (unpaired) electrons. The van der Waals surface area contributed by atoms with E-state index in [1.54, 1.807) is 6.07 Å². The number of nitrogens with zero attached hydrogens (tertiary/aromatic N) is 2. The summed E-state index contributed by atoms with van der Waals surface area (Å²) in [7, 11) is 0. The Morgan fingerprint density at radius 2 is 2.03 bits per heavy atom. The number of fused-ring (bicyclic) bond motifs is 1. The standard InChI is InChI=1S/C23H24FN5O/c1-15-10-16(2)29(28-15)14-17-4-3-5-20(11-17)27-23(30)25-9-8-18-13-26-22-12-19(24)6-7-21(18)22/h3-7,10-13,26H,8-9,14H2,1-2H3,(H2,25,27,30). The van der Waals surface area contributed by atoms with Gasteiger partial charge in [-0.3, -0.25) is 4.68 Å². The summed E-state index contributed by atoms with van der Waals surface area (Å²) in [4.78, 5) is 15.3. The van der Waals surface area contributed by atoms with Gasteiger partial charge >= 0.3 is 6.03 Å². The number of benzene rings is 2. The summed E-state index contributed by atoms with van der Waals surface area (Å²) in [5.74, 6) is -0.270. The topological polar surface area (TPSA) is 74.7 Å². The van der Waals surface area contributed by atoms with Gasteiger partial charge in [-0.2, -0.15) is 5.10 Å². The Labute approximate surface area is 174 Å². The molecule has 2 amide bonds. The van der Waals surface area contributed by atoms with Crippen LogP contribution in [0.2, 0.25) is 0 Å². The zero-order chi connectivity index (χ0) is 21.1. The van der Waals surface area contributed by atoms with E-state index in [2.05, 4.69) is 20.7 Å². The normalized spacial score (nSPS) is 11.0. The maximum absolute atomic E-state index is 13.3. The monoisotopic (exact) mass is 405 g/mol. The van der Waals surface area contributed by atoms with E-state index in [-0.39, 0.29) is 11.8 Å². The first-order chi connectivity index (χ1) is 14.5. The second-order valence-electron chi connectivity index (χ2n) is 7.42. The average Bonchev–Trinajstić information content (AvgIpc) is 3.24. The largest absolute Gasteiger partial charge is 0.361 e. The minimum absolute atomic E-state index is 0.260. The van der Waals surface area contributed by atoms with Gasteiger partial charge in [0.25, 0.3) is 0 Å². The number of nitrogens with one attached hydrogen (secondary N) is 3. The predicted molar refractivity (Wildman–Crippen MR) is 116 cm³/mol. The van der Waals surface area contributed by atoms with Crippen molar-refractivity contribution < 1.29 is 9.18 Å². The van der Waals surface area contributed by atoms with Gasteiger partial charge in [0.15, 0.2) is 0 Å². The molecule has 0 unspecified atom stereocenters. The van der Waals surface area contributed by atoms with Crippen LogP contribution in [0.1, 0.15) is 22.5 Å². The minimum Gasteiger partial charge on any atom is -0.361 e. The van der Waals surface area contributed by atoms with Crippen LogP contribution in [-0.4, -0.2) is 27.3 Å². The van der Waals surface area contributed by atoms with Crippen LogP contribution < -0.4 is 10.6 Å². The maximum atomic E-state index is 13.3. The molecule has 30 heavy (non-hydrogen) atoms. The Kier molecular flexibility index (Phi) is 5.52. The molecule has 0 bridgehead atoms. The van der Waals surface area contributed by atoms with Crippen molar-refractivity contribution in [2.75, 3.05) is 11.9 Å². The Bertz CT molecular complexity index is 1190. The second-order valence-corrected chi connectivity index (χ2v) is 7.42. The molecule has 154 valence electrons. The number of hydrogen-bond donors (Lipinski definition) is 3. The van der Waals surface area contributed by atoms with Gasteiger partial charge in [-0.05, 0) is 67.8 Å². The van der Waals surface area contributed by atoms with E-state index in [9.17, 15) is 9.18 Å². The zero-order valence-corrected chi connectivity index (χ0v) is 17.0. The molecule has 2 aromatic heterocycles. The fraction of sp³-hybridized carbons (Fsp3) is 0.217. The van der Waals surface area contributed by atoms with Gasteiger partial charge in [-0.1, -0.05) is 12.1 Å². The molecule has 3 N–H and O–H groups in total. The fourth-order valence-corrected chi connectivity index (χ4v) is 3.61. The highest BCUT2D eigenvalue weighted by molar-refractivity contribution is 5.89. The summed E-state index contributed by atoms with van der Waals surface area (Å²) in [5.41, 5.74) is 5.68. The molecule has 2 heterocycles. The molecule has 0 atom stereocenters. The minimum atomic E-state index is -0.270. The summed E-state index contributed by atoms with van der Waals surface area (Å²) >= 11 is 0. The number of anilines is 1. The summed E-state index contributed by atoms with van der Waals surface area (Å²) in [6, 6.07) is 14.2. The SMILES string of the molecule is Cc1cc(C)n(Cc2cccc(NC(=O)NCCc3c[nH]c4cc(F)ccc34)c2)n1. The third kappa shape index (κ3) is 4.51. The lowest BCUT2D eigenvalue weighted by atomic mass is 10.1. The highest BCUT2D eigenvalue weighted by atomic mass is 19.1. The molecule has 0 aliphatic heterocycles. The third-order valence-corrected chi connectivity index (χ3v) is 5.03. The molecule has 6 nitrogen and oxygen atoms in total. The number of halogens is 1. The highest BCUT2D eigenvalue weighted by Crippen LogP contribution is 2.19. The van der Waals surface area contributed by atoms with Crippen LogP contribution in [0.3, 0.4) is 0 Å². The second kappa shape index (κ2) is 8.41. The number of urea groups is 1. The van der Waals surface area contributed by atoms with Crippen molar-refractivity contribution in [2.45, 2.75) is 26.8 Å². The van der Waals surface area contributed by atoms with Crippen LogP contribution in [0.25, 0.3) is 10.9 Å². The van der Waals surface area contributed by atoms with E-state index in [0.717, 1.165) is 39.1 Å². The first-order valence-electron chi connectivity index (χ1n) is 9.88. The lowest BCUT2D eigenvalue weighted by Gasteiger charge is -2.10. The van der Waals surface area contributed by atoms with Gasteiger partial charge in [0.2, 0.25) is 0 Å². The van der Waals surface area contributed by atoms with Crippen LogP contribution >= 0.6 is 0 Å². The van der Waals surface area contributed by atoms with Crippen LogP contribution in [0.5, 0.6) is 0 Å². The summed E-state index contributed by atoms with van der Waals surface area (Å²) < 4.78 is 15.2. The molecule has 0 saturated heterocycles. The van der Waals surface area contributed by atoms with Crippen molar-refractivity contribution in [1.82, 2.24) is 20.1 Å². The van der Waals surface area contributed by atoms with Crippen molar-refractivity contribution in [2.24, 2.45) is 0 Å². The molecule has 4 rings (SSSR count). The molecular formula is C23H24FN5O. The number of amides is 2. The van der Waals surface area contributed by atoms with Crippen LogP contribution in [0.4, 0.5) is 14.9 Å². The van der Waals surface area contributed by atoms with E-state index in [1.807, 2.05) is 55.1 Å². The van der Waals surface area contributed by atoms with Crippen molar-refractivity contribution in [3.05, 3.63) is 83.1 Å². The zero-order valence-electron chi connectivity index (χ0n) is 17.0. The van der Waals surface area contributed by atoms with Crippen molar-refractivity contribution >= 4 is 22.6 Å². The maximum Gasteiger partial charge on any atom is 0.319 e. The molecule has 0 saturated carbocycles. The Hall–Kier alpha value is -3.61. The average molecular weight is 405 g/mol. The first-order valence-corrected chi connectivity index (χ1v) is 9.88. The van der Waals surface area contributed by atoms with E-state index in [4.69, 9.17) is 0 Å². The molecule has 0 spiro atoms. The number of carbonyl (C=O) groups excluding carboxylic acids is 1. The van der Waals surface area contributed by atoms with Gasteiger partial charge in [0.05, 0.1) is 12.2 Å².